The quantitative estimate of drug-likeness (QED) is 0.379. The van der Waals surface area contributed by atoms with Crippen LogP contribution in [0.3, 0.4) is 0 Å². The van der Waals surface area contributed by atoms with Crippen molar-refractivity contribution in [2.45, 2.75) is 32.2 Å². The topological polar surface area (TPSA) is 83.0 Å². The first kappa shape index (κ1) is 18.5. The van der Waals surface area contributed by atoms with Gasteiger partial charge in [-0.05, 0) is 32.7 Å². The van der Waals surface area contributed by atoms with Gasteiger partial charge in [-0.15, -0.1) is 0 Å². The number of morpholine rings is 1. The fraction of sp³-hybridized carbons (Fsp3) is 0.933. The molecule has 8 heteroatoms. The molecule has 7 nitrogen and oxygen atoms in total. The normalized spacial score (nSPS) is 25.4. The van der Waals surface area contributed by atoms with Crippen LogP contribution in [0.4, 0.5) is 0 Å². The van der Waals surface area contributed by atoms with Crippen molar-refractivity contribution in [2.24, 2.45) is 4.99 Å². The lowest BCUT2D eigenvalue weighted by Crippen LogP contribution is -2.44. The Morgan fingerprint density at radius 3 is 2.74 bits per heavy atom. The van der Waals surface area contributed by atoms with Crippen molar-refractivity contribution in [3.63, 3.8) is 0 Å². The SMILES string of the molecule is CCNC(=NCCCCN1CCOCC1)NC1CCS(=O)(=O)C1. The van der Waals surface area contributed by atoms with Gasteiger partial charge in [0.2, 0.25) is 0 Å². The third-order valence-electron chi connectivity index (χ3n) is 4.17. The molecule has 0 amide bonds. The molecular weight excluding hydrogens is 316 g/mol. The Kier molecular flexibility index (Phi) is 7.58. The van der Waals surface area contributed by atoms with E-state index in [1.54, 1.807) is 0 Å². The minimum atomic E-state index is -2.86. The van der Waals surface area contributed by atoms with Crippen LogP contribution in [0.2, 0.25) is 0 Å². The number of hydrogen-bond acceptors (Lipinski definition) is 5. The Morgan fingerprint density at radius 1 is 1.30 bits per heavy atom. The first-order valence-corrected chi connectivity index (χ1v) is 10.5. The van der Waals surface area contributed by atoms with E-state index >= 15 is 0 Å². The van der Waals surface area contributed by atoms with E-state index in [4.69, 9.17) is 4.74 Å². The molecule has 2 heterocycles. The highest BCUT2D eigenvalue weighted by molar-refractivity contribution is 7.91. The average molecular weight is 346 g/mol. The highest BCUT2D eigenvalue weighted by Crippen LogP contribution is 2.11. The van der Waals surface area contributed by atoms with Crippen molar-refractivity contribution in [1.29, 1.82) is 0 Å². The van der Waals surface area contributed by atoms with Gasteiger partial charge in [0.25, 0.3) is 0 Å². The standard InChI is InChI=1S/C15H30N4O3S/c1-2-16-15(18-14-5-12-23(20,21)13-14)17-6-3-4-7-19-8-10-22-11-9-19/h14H,2-13H2,1H3,(H2,16,17,18). The summed E-state index contributed by atoms with van der Waals surface area (Å²) in [5, 5.41) is 6.44. The van der Waals surface area contributed by atoms with E-state index < -0.39 is 9.84 Å². The summed E-state index contributed by atoms with van der Waals surface area (Å²) in [5.41, 5.74) is 0. The lowest BCUT2D eigenvalue weighted by Gasteiger charge is -2.26. The zero-order valence-electron chi connectivity index (χ0n) is 14.1. The molecule has 0 aromatic rings. The Bertz CT molecular complexity index is 475. The molecular formula is C15H30N4O3S. The van der Waals surface area contributed by atoms with Gasteiger partial charge in [-0.3, -0.25) is 9.89 Å². The fourth-order valence-electron chi connectivity index (χ4n) is 2.89. The molecule has 1 atom stereocenters. The van der Waals surface area contributed by atoms with Gasteiger partial charge in [0.1, 0.15) is 0 Å². The van der Waals surface area contributed by atoms with Gasteiger partial charge < -0.3 is 15.4 Å². The summed E-state index contributed by atoms with van der Waals surface area (Å²) in [6.07, 6.45) is 2.83. The van der Waals surface area contributed by atoms with Crippen LogP contribution >= 0.6 is 0 Å². The molecule has 2 N–H and O–H groups in total. The van der Waals surface area contributed by atoms with E-state index in [0.29, 0.717) is 6.42 Å². The summed E-state index contributed by atoms with van der Waals surface area (Å²) in [5.74, 6) is 1.24. The molecule has 1 unspecified atom stereocenters. The predicted molar refractivity (Wildman–Crippen MR) is 92.7 cm³/mol. The van der Waals surface area contributed by atoms with Gasteiger partial charge in [0.15, 0.2) is 15.8 Å². The van der Waals surface area contributed by atoms with E-state index in [2.05, 4.69) is 20.5 Å². The number of hydrogen-bond donors (Lipinski definition) is 2. The molecule has 0 spiro atoms. The first-order valence-electron chi connectivity index (χ1n) is 8.64. The number of unbranched alkanes of at least 4 members (excludes halogenated alkanes) is 1. The molecule has 23 heavy (non-hydrogen) atoms. The van der Waals surface area contributed by atoms with Crippen molar-refractivity contribution in [3.8, 4) is 0 Å². The Labute approximate surface area is 139 Å². The van der Waals surface area contributed by atoms with Gasteiger partial charge in [0.05, 0.1) is 24.7 Å². The number of nitrogens with one attached hydrogen (secondary N) is 2. The number of rotatable bonds is 7. The Hall–Kier alpha value is -0.860. The van der Waals surface area contributed by atoms with Gasteiger partial charge in [-0.25, -0.2) is 8.42 Å². The summed E-state index contributed by atoms with van der Waals surface area (Å²) < 4.78 is 28.4. The molecule has 0 aliphatic carbocycles. The maximum atomic E-state index is 11.5. The van der Waals surface area contributed by atoms with Gasteiger partial charge in [-0.2, -0.15) is 0 Å². The lowest BCUT2D eigenvalue weighted by molar-refractivity contribution is 0.0373. The summed E-state index contributed by atoms with van der Waals surface area (Å²) in [6, 6.07) is -0.00819. The minimum Gasteiger partial charge on any atom is -0.379 e. The van der Waals surface area contributed by atoms with Crippen LogP contribution in [0.5, 0.6) is 0 Å². The van der Waals surface area contributed by atoms with Crippen LogP contribution in [0.15, 0.2) is 4.99 Å². The average Bonchev–Trinajstić information content (AvgIpc) is 2.87. The number of ether oxygens (including phenoxy) is 1. The van der Waals surface area contributed by atoms with Crippen LogP contribution in [-0.2, 0) is 14.6 Å². The number of nitrogens with zero attached hydrogens (tertiary/aromatic N) is 2. The molecule has 2 saturated heterocycles. The van der Waals surface area contributed by atoms with Crippen LogP contribution < -0.4 is 10.6 Å². The second-order valence-electron chi connectivity index (χ2n) is 6.17. The van der Waals surface area contributed by atoms with Gasteiger partial charge >= 0.3 is 0 Å². The van der Waals surface area contributed by atoms with Crippen LogP contribution in [-0.4, -0.2) is 82.8 Å². The van der Waals surface area contributed by atoms with E-state index in [-0.39, 0.29) is 17.5 Å². The fourth-order valence-corrected chi connectivity index (χ4v) is 4.56. The zero-order valence-corrected chi connectivity index (χ0v) is 14.9. The van der Waals surface area contributed by atoms with Crippen LogP contribution in [0, 0.1) is 0 Å². The Balaban J connectivity index is 1.66. The van der Waals surface area contributed by atoms with Crippen molar-refractivity contribution >= 4 is 15.8 Å². The molecule has 0 saturated carbocycles. The van der Waals surface area contributed by atoms with Gasteiger partial charge in [0, 0.05) is 32.2 Å². The zero-order chi connectivity index (χ0) is 16.5. The van der Waals surface area contributed by atoms with Crippen molar-refractivity contribution < 1.29 is 13.2 Å². The highest BCUT2D eigenvalue weighted by Gasteiger charge is 2.28. The van der Waals surface area contributed by atoms with Crippen molar-refractivity contribution in [1.82, 2.24) is 15.5 Å². The molecule has 2 aliphatic heterocycles. The summed E-state index contributed by atoms with van der Waals surface area (Å²) >= 11 is 0. The van der Waals surface area contributed by atoms with E-state index in [9.17, 15) is 8.42 Å². The van der Waals surface area contributed by atoms with Crippen molar-refractivity contribution in [3.05, 3.63) is 0 Å². The molecule has 2 aliphatic rings. The second kappa shape index (κ2) is 9.44. The smallest absolute Gasteiger partial charge is 0.191 e. The minimum absolute atomic E-state index is 0.00819. The molecule has 134 valence electrons. The molecule has 0 aromatic carbocycles. The highest BCUT2D eigenvalue weighted by atomic mass is 32.2. The van der Waals surface area contributed by atoms with Crippen LogP contribution in [0.1, 0.15) is 26.2 Å². The van der Waals surface area contributed by atoms with Gasteiger partial charge in [-0.1, -0.05) is 0 Å². The second-order valence-corrected chi connectivity index (χ2v) is 8.39. The van der Waals surface area contributed by atoms with E-state index in [0.717, 1.165) is 64.7 Å². The number of aliphatic imine (C=N–C) groups is 1. The third-order valence-corrected chi connectivity index (χ3v) is 5.94. The molecule has 2 fully saturated rings. The summed E-state index contributed by atoms with van der Waals surface area (Å²) in [4.78, 5) is 6.99. The third kappa shape index (κ3) is 7.05. The molecule has 0 bridgehead atoms. The van der Waals surface area contributed by atoms with E-state index in [1.165, 1.54) is 0 Å². The number of sulfone groups is 1. The van der Waals surface area contributed by atoms with E-state index in [1.807, 2.05) is 6.92 Å². The lowest BCUT2D eigenvalue weighted by atomic mass is 10.2. The monoisotopic (exact) mass is 346 g/mol. The van der Waals surface area contributed by atoms with Crippen LogP contribution in [0.25, 0.3) is 0 Å². The molecule has 0 aromatic heterocycles. The number of guanidine groups is 1. The summed E-state index contributed by atoms with van der Waals surface area (Å²) in [7, 11) is -2.86. The first-order chi connectivity index (χ1) is 11.1. The largest absolute Gasteiger partial charge is 0.379 e. The maximum absolute atomic E-state index is 11.5. The molecule has 2 rings (SSSR count). The molecule has 0 radical (unpaired) electrons. The summed E-state index contributed by atoms with van der Waals surface area (Å²) in [6.45, 7) is 8.41. The maximum Gasteiger partial charge on any atom is 0.191 e. The van der Waals surface area contributed by atoms with Crippen molar-refractivity contribution in [2.75, 3.05) is 57.4 Å². The Morgan fingerprint density at radius 2 is 2.09 bits per heavy atom. The predicted octanol–water partition coefficient (Wildman–Crippen LogP) is -0.159.